The monoisotopic (exact) mass is 460 g/mol. The molecule has 162 valence electrons. The third-order valence-corrected chi connectivity index (χ3v) is 5.68. The zero-order chi connectivity index (χ0) is 21.8. The van der Waals surface area contributed by atoms with Crippen molar-refractivity contribution in [1.82, 2.24) is 30.0 Å². The molecule has 0 N–H and O–H groups in total. The van der Waals surface area contributed by atoms with Gasteiger partial charge in [0.15, 0.2) is 12.4 Å². The maximum absolute atomic E-state index is 12.5. The molecule has 2 aromatic carbocycles. The minimum Gasteiger partial charge on any atom is -0.482 e. The van der Waals surface area contributed by atoms with E-state index < -0.39 is 0 Å². The number of aromatic nitrogens is 4. The largest absolute Gasteiger partial charge is 0.482 e. The minimum absolute atomic E-state index is 0.0625. The van der Waals surface area contributed by atoms with Gasteiger partial charge in [-0.1, -0.05) is 40.9 Å². The third kappa shape index (κ3) is 5.33. The fourth-order valence-electron chi connectivity index (χ4n) is 3.37. The Labute approximate surface area is 190 Å². The molecule has 2 heterocycles. The molecule has 1 aromatic heterocycles. The number of hydrogen-bond acceptors (Lipinski definition) is 6. The van der Waals surface area contributed by atoms with Crippen molar-refractivity contribution in [3.63, 3.8) is 0 Å². The van der Waals surface area contributed by atoms with Crippen molar-refractivity contribution in [3.8, 4) is 11.4 Å². The second-order valence-corrected chi connectivity index (χ2v) is 8.21. The number of nitrogens with zero attached hydrogens (tertiary/aromatic N) is 6. The Morgan fingerprint density at radius 2 is 1.81 bits per heavy atom. The van der Waals surface area contributed by atoms with Crippen LogP contribution in [-0.4, -0.2) is 68.7 Å². The normalized spacial score (nSPS) is 14.6. The first-order chi connectivity index (χ1) is 15.0. The lowest BCUT2D eigenvalue weighted by molar-refractivity contribution is -0.135. The number of hydrogen-bond donors (Lipinski definition) is 0. The van der Waals surface area contributed by atoms with E-state index in [2.05, 4.69) is 20.4 Å². The van der Waals surface area contributed by atoms with Gasteiger partial charge in [-0.2, -0.15) is 4.68 Å². The highest BCUT2D eigenvalue weighted by Gasteiger charge is 2.23. The Kier molecular flexibility index (Phi) is 6.70. The lowest BCUT2D eigenvalue weighted by atomic mass is 10.2. The molecule has 0 radical (unpaired) electrons. The second kappa shape index (κ2) is 9.64. The zero-order valence-electron chi connectivity index (χ0n) is 17.0. The number of piperazine rings is 1. The summed E-state index contributed by atoms with van der Waals surface area (Å²) in [6.45, 7) is 5.28. The molecule has 4 rings (SSSR count). The topological polar surface area (TPSA) is 76.4 Å². The lowest BCUT2D eigenvalue weighted by Gasteiger charge is -2.34. The van der Waals surface area contributed by atoms with Crippen LogP contribution in [0.3, 0.4) is 0 Å². The van der Waals surface area contributed by atoms with E-state index in [1.54, 1.807) is 27.8 Å². The van der Waals surface area contributed by atoms with Crippen molar-refractivity contribution in [3.05, 3.63) is 63.9 Å². The summed E-state index contributed by atoms with van der Waals surface area (Å²) in [5, 5.41) is 13.0. The van der Waals surface area contributed by atoms with Crippen molar-refractivity contribution in [2.75, 3.05) is 32.8 Å². The van der Waals surface area contributed by atoms with Crippen molar-refractivity contribution in [2.24, 2.45) is 0 Å². The highest BCUT2D eigenvalue weighted by molar-refractivity contribution is 6.35. The van der Waals surface area contributed by atoms with Crippen molar-refractivity contribution in [2.45, 2.75) is 13.5 Å². The summed E-state index contributed by atoms with van der Waals surface area (Å²) in [6, 6.07) is 13.0. The molecule has 3 aromatic rings. The van der Waals surface area contributed by atoms with E-state index in [1.165, 1.54) is 5.56 Å². The number of amides is 1. The van der Waals surface area contributed by atoms with Crippen LogP contribution >= 0.6 is 23.2 Å². The molecular weight excluding hydrogens is 439 g/mol. The molecule has 0 atom stereocenters. The van der Waals surface area contributed by atoms with Crippen LogP contribution in [0.25, 0.3) is 5.69 Å². The van der Waals surface area contributed by atoms with Crippen LogP contribution in [0.2, 0.25) is 10.0 Å². The fourth-order valence-corrected chi connectivity index (χ4v) is 3.83. The van der Waals surface area contributed by atoms with E-state index in [9.17, 15) is 4.79 Å². The van der Waals surface area contributed by atoms with Gasteiger partial charge < -0.3 is 9.64 Å². The fraction of sp³-hybridized carbons (Fsp3) is 0.333. The van der Waals surface area contributed by atoms with Gasteiger partial charge >= 0.3 is 0 Å². The Bertz CT molecular complexity index is 1050. The first kappa shape index (κ1) is 21.5. The first-order valence-corrected chi connectivity index (χ1v) is 10.7. The highest BCUT2D eigenvalue weighted by Crippen LogP contribution is 2.27. The first-order valence-electron chi connectivity index (χ1n) is 9.92. The van der Waals surface area contributed by atoms with Crippen LogP contribution in [0, 0.1) is 6.92 Å². The highest BCUT2D eigenvalue weighted by atomic mass is 35.5. The number of tetrazole rings is 1. The zero-order valence-corrected chi connectivity index (χ0v) is 18.6. The van der Waals surface area contributed by atoms with Gasteiger partial charge in [-0.25, -0.2) is 0 Å². The second-order valence-electron chi connectivity index (χ2n) is 7.36. The van der Waals surface area contributed by atoms with Gasteiger partial charge in [0.1, 0.15) is 5.75 Å². The molecule has 1 fully saturated rings. The van der Waals surface area contributed by atoms with E-state index in [0.717, 1.165) is 24.6 Å². The Morgan fingerprint density at radius 3 is 2.52 bits per heavy atom. The molecule has 0 aliphatic carbocycles. The Hall–Kier alpha value is -2.68. The molecule has 1 saturated heterocycles. The lowest BCUT2D eigenvalue weighted by Crippen LogP contribution is -2.49. The predicted molar refractivity (Wildman–Crippen MR) is 118 cm³/mol. The third-order valence-electron chi connectivity index (χ3n) is 5.15. The predicted octanol–water partition coefficient (Wildman–Crippen LogP) is 3.00. The Balaban J connectivity index is 1.29. The van der Waals surface area contributed by atoms with E-state index >= 15 is 0 Å². The molecule has 10 heteroatoms. The number of halogens is 2. The quantitative estimate of drug-likeness (QED) is 0.562. The van der Waals surface area contributed by atoms with Gasteiger partial charge in [-0.15, -0.1) is 5.10 Å². The van der Waals surface area contributed by atoms with Gasteiger partial charge in [0.2, 0.25) is 0 Å². The molecule has 1 aliphatic rings. The SMILES string of the molecule is Cc1ccc(-n2nnnc2CN2CCN(C(=O)COc3ccc(Cl)cc3Cl)CC2)cc1. The molecule has 1 amide bonds. The van der Waals surface area contributed by atoms with Crippen molar-refractivity contribution in [1.29, 1.82) is 0 Å². The summed E-state index contributed by atoms with van der Waals surface area (Å²) < 4.78 is 7.32. The molecular formula is C21H22Cl2N6O2. The number of rotatable bonds is 6. The summed E-state index contributed by atoms with van der Waals surface area (Å²) >= 11 is 12.0. The molecule has 8 nitrogen and oxygen atoms in total. The number of benzene rings is 2. The van der Waals surface area contributed by atoms with Crippen molar-refractivity contribution >= 4 is 29.1 Å². The van der Waals surface area contributed by atoms with Crippen LogP contribution in [0.4, 0.5) is 0 Å². The average molecular weight is 461 g/mol. The molecule has 1 aliphatic heterocycles. The van der Waals surface area contributed by atoms with Gasteiger partial charge in [-0.3, -0.25) is 9.69 Å². The van der Waals surface area contributed by atoms with E-state index in [-0.39, 0.29) is 12.5 Å². The minimum atomic E-state index is -0.0739. The molecule has 31 heavy (non-hydrogen) atoms. The van der Waals surface area contributed by atoms with E-state index in [4.69, 9.17) is 27.9 Å². The van der Waals surface area contributed by atoms with Gasteiger partial charge in [-0.05, 0) is 47.7 Å². The summed E-state index contributed by atoms with van der Waals surface area (Å²) in [4.78, 5) is 16.5. The summed E-state index contributed by atoms with van der Waals surface area (Å²) in [5.41, 5.74) is 2.11. The molecule has 0 unspecified atom stereocenters. The molecule has 0 spiro atoms. The van der Waals surface area contributed by atoms with Gasteiger partial charge in [0.05, 0.1) is 17.3 Å². The van der Waals surface area contributed by atoms with Crippen LogP contribution in [0.5, 0.6) is 5.75 Å². The number of ether oxygens (including phenoxy) is 1. The van der Waals surface area contributed by atoms with Crippen LogP contribution < -0.4 is 4.74 Å². The standard InChI is InChI=1S/C21H22Cl2N6O2/c1-15-2-5-17(6-3-15)29-20(24-25-26-29)13-27-8-10-28(11-9-27)21(30)14-31-19-7-4-16(22)12-18(19)23/h2-7,12H,8-11,13-14H2,1H3. The van der Waals surface area contributed by atoms with Crippen molar-refractivity contribution < 1.29 is 9.53 Å². The number of carbonyl (C=O) groups excluding carboxylic acids is 1. The van der Waals surface area contributed by atoms with Crippen LogP contribution in [0.15, 0.2) is 42.5 Å². The van der Waals surface area contributed by atoms with Crippen LogP contribution in [0.1, 0.15) is 11.4 Å². The molecule has 0 saturated carbocycles. The maximum Gasteiger partial charge on any atom is 0.260 e. The average Bonchev–Trinajstić information content (AvgIpc) is 3.22. The van der Waals surface area contributed by atoms with Gasteiger partial charge in [0.25, 0.3) is 5.91 Å². The van der Waals surface area contributed by atoms with Gasteiger partial charge in [0, 0.05) is 31.2 Å². The summed E-state index contributed by atoms with van der Waals surface area (Å²) in [7, 11) is 0. The van der Waals surface area contributed by atoms with Crippen LogP contribution in [-0.2, 0) is 11.3 Å². The number of carbonyl (C=O) groups is 1. The molecule has 0 bridgehead atoms. The van der Waals surface area contributed by atoms with E-state index in [0.29, 0.717) is 35.4 Å². The van der Waals surface area contributed by atoms with E-state index in [1.807, 2.05) is 31.2 Å². The Morgan fingerprint density at radius 1 is 1.06 bits per heavy atom. The smallest absolute Gasteiger partial charge is 0.260 e. The summed E-state index contributed by atoms with van der Waals surface area (Å²) in [5.74, 6) is 1.14. The summed E-state index contributed by atoms with van der Waals surface area (Å²) in [6.07, 6.45) is 0. The number of aryl methyl sites for hydroxylation is 1. The maximum atomic E-state index is 12.5.